The van der Waals surface area contributed by atoms with Crippen molar-refractivity contribution in [2.24, 2.45) is 0 Å². The molecule has 0 fully saturated rings. The molecule has 0 rings (SSSR count). The number of rotatable bonds is 5. The third kappa shape index (κ3) is 3.20. The lowest BCUT2D eigenvalue weighted by Gasteiger charge is -2.25. The summed E-state index contributed by atoms with van der Waals surface area (Å²) in [5.41, 5.74) is 0. The monoisotopic (exact) mass is 199 g/mol. The summed E-state index contributed by atoms with van der Waals surface area (Å²) in [4.78, 5) is 24.0. The molecule has 0 saturated carbocycles. The maximum absolute atomic E-state index is 11.4. The predicted molar refractivity (Wildman–Crippen MR) is 53.7 cm³/mol. The first kappa shape index (κ1) is 12.7. The Kier molecular flexibility index (Phi) is 5.60. The minimum absolute atomic E-state index is 0.246. The average molecular weight is 199 g/mol. The molecule has 0 bridgehead atoms. The van der Waals surface area contributed by atoms with E-state index in [1.54, 1.807) is 6.92 Å². The van der Waals surface area contributed by atoms with Gasteiger partial charge in [0.2, 0.25) is 5.91 Å². The van der Waals surface area contributed by atoms with E-state index in [-0.39, 0.29) is 5.91 Å². The number of methoxy groups -OCH3 is 1. The van der Waals surface area contributed by atoms with Crippen molar-refractivity contribution in [3.63, 3.8) is 0 Å². The molecule has 80 valence electrons. The number of nitrogens with zero attached hydrogens (tertiary/aromatic N) is 1. The molecule has 0 spiro atoms. The van der Waals surface area contributed by atoms with Crippen LogP contribution in [0.3, 0.4) is 0 Å². The van der Waals surface area contributed by atoms with Crippen LogP contribution in [0.2, 0.25) is 0 Å². The minimum Gasteiger partial charge on any atom is -0.467 e. The van der Waals surface area contributed by atoms with E-state index in [1.807, 2.05) is 6.92 Å². The summed E-state index contributed by atoms with van der Waals surface area (Å²) in [6.07, 6.45) is 2.00. The SMILES string of the molecule is C=CC(=O)N(CCC)[C@@H](C)C(=O)OC. The Hall–Kier alpha value is -1.32. The third-order valence-corrected chi connectivity index (χ3v) is 1.93. The van der Waals surface area contributed by atoms with Crippen LogP contribution in [0, 0.1) is 0 Å². The van der Waals surface area contributed by atoms with E-state index in [2.05, 4.69) is 11.3 Å². The van der Waals surface area contributed by atoms with Crippen molar-refractivity contribution in [3.05, 3.63) is 12.7 Å². The van der Waals surface area contributed by atoms with Gasteiger partial charge in [-0.1, -0.05) is 13.5 Å². The van der Waals surface area contributed by atoms with Crippen LogP contribution < -0.4 is 0 Å². The van der Waals surface area contributed by atoms with Crippen LogP contribution in [0.25, 0.3) is 0 Å². The number of hydrogen-bond acceptors (Lipinski definition) is 3. The predicted octanol–water partition coefficient (Wildman–Crippen LogP) is 0.972. The summed E-state index contributed by atoms with van der Waals surface area (Å²) < 4.78 is 4.57. The van der Waals surface area contributed by atoms with Crippen LogP contribution in [0.4, 0.5) is 0 Å². The molecule has 1 atom stereocenters. The molecule has 0 radical (unpaired) electrons. The van der Waals surface area contributed by atoms with Crippen LogP contribution in [0.15, 0.2) is 12.7 Å². The molecule has 0 heterocycles. The van der Waals surface area contributed by atoms with Crippen molar-refractivity contribution in [2.75, 3.05) is 13.7 Å². The Bertz CT molecular complexity index is 225. The van der Waals surface area contributed by atoms with Crippen molar-refractivity contribution >= 4 is 11.9 Å². The van der Waals surface area contributed by atoms with Gasteiger partial charge in [0.15, 0.2) is 0 Å². The lowest BCUT2D eigenvalue weighted by Crippen LogP contribution is -2.43. The van der Waals surface area contributed by atoms with E-state index >= 15 is 0 Å². The molecule has 0 aromatic heterocycles. The standard InChI is InChI=1S/C10H17NO3/c1-5-7-11(9(12)6-2)8(3)10(13)14-4/h6,8H,2,5,7H2,1,3-4H3/t8-/m0/s1. The van der Waals surface area contributed by atoms with E-state index in [9.17, 15) is 9.59 Å². The Balaban J connectivity index is 4.55. The van der Waals surface area contributed by atoms with Crippen LogP contribution in [-0.2, 0) is 14.3 Å². The molecule has 0 aliphatic heterocycles. The van der Waals surface area contributed by atoms with Gasteiger partial charge in [0.1, 0.15) is 6.04 Å². The zero-order valence-corrected chi connectivity index (χ0v) is 8.95. The van der Waals surface area contributed by atoms with Gasteiger partial charge in [-0.25, -0.2) is 4.79 Å². The fourth-order valence-corrected chi connectivity index (χ4v) is 1.15. The van der Waals surface area contributed by atoms with Gasteiger partial charge < -0.3 is 9.64 Å². The molecule has 4 nitrogen and oxygen atoms in total. The summed E-state index contributed by atoms with van der Waals surface area (Å²) in [7, 11) is 1.31. The second-order valence-electron chi connectivity index (χ2n) is 2.93. The number of esters is 1. The zero-order valence-electron chi connectivity index (χ0n) is 8.95. The van der Waals surface area contributed by atoms with Crippen LogP contribution in [0.5, 0.6) is 0 Å². The highest BCUT2D eigenvalue weighted by atomic mass is 16.5. The van der Waals surface area contributed by atoms with Crippen molar-refractivity contribution in [2.45, 2.75) is 26.3 Å². The van der Waals surface area contributed by atoms with E-state index in [4.69, 9.17) is 0 Å². The molecule has 14 heavy (non-hydrogen) atoms. The number of carbonyl (C=O) groups is 2. The summed E-state index contributed by atoms with van der Waals surface area (Å²) >= 11 is 0. The first-order valence-corrected chi connectivity index (χ1v) is 4.59. The topological polar surface area (TPSA) is 46.6 Å². The molecule has 0 N–H and O–H groups in total. The maximum atomic E-state index is 11.4. The number of amides is 1. The highest BCUT2D eigenvalue weighted by Gasteiger charge is 2.23. The van der Waals surface area contributed by atoms with Crippen LogP contribution >= 0.6 is 0 Å². The molecule has 0 unspecified atom stereocenters. The number of hydrogen-bond donors (Lipinski definition) is 0. The van der Waals surface area contributed by atoms with Gasteiger partial charge >= 0.3 is 5.97 Å². The van der Waals surface area contributed by atoms with E-state index in [1.165, 1.54) is 18.1 Å². The van der Waals surface area contributed by atoms with Crippen LogP contribution in [-0.4, -0.2) is 36.5 Å². The van der Waals surface area contributed by atoms with E-state index < -0.39 is 12.0 Å². The normalized spacial score (nSPS) is 11.6. The number of carbonyl (C=O) groups excluding carboxylic acids is 2. The lowest BCUT2D eigenvalue weighted by molar-refractivity contribution is -0.150. The second-order valence-corrected chi connectivity index (χ2v) is 2.93. The molecule has 0 saturated heterocycles. The van der Waals surface area contributed by atoms with Crippen molar-refractivity contribution < 1.29 is 14.3 Å². The quantitative estimate of drug-likeness (QED) is 0.489. The number of ether oxygens (including phenoxy) is 1. The largest absolute Gasteiger partial charge is 0.467 e. The molecular formula is C10H17NO3. The van der Waals surface area contributed by atoms with Gasteiger partial charge in [0, 0.05) is 6.54 Å². The van der Waals surface area contributed by atoms with Gasteiger partial charge in [-0.2, -0.15) is 0 Å². The Morgan fingerprint density at radius 2 is 2.14 bits per heavy atom. The highest BCUT2D eigenvalue weighted by molar-refractivity contribution is 5.90. The smallest absolute Gasteiger partial charge is 0.328 e. The van der Waals surface area contributed by atoms with Gasteiger partial charge in [-0.3, -0.25) is 4.79 Å². The minimum atomic E-state index is -0.551. The van der Waals surface area contributed by atoms with Gasteiger partial charge in [0.05, 0.1) is 7.11 Å². The average Bonchev–Trinajstić information content (AvgIpc) is 2.22. The van der Waals surface area contributed by atoms with Crippen molar-refractivity contribution in [1.29, 1.82) is 0 Å². The van der Waals surface area contributed by atoms with Crippen molar-refractivity contribution in [1.82, 2.24) is 4.90 Å². The first-order chi connectivity index (χ1) is 6.58. The highest BCUT2D eigenvalue weighted by Crippen LogP contribution is 2.03. The van der Waals surface area contributed by atoms with Gasteiger partial charge in [-0.15, -0.1) is 0 Å². The van der Waals surface area contributed by atoms with E-state index in [0.29, 0.717) is 6.54 Å². The van der Waals surface area contributed by atoms with E-state index in [0.717, 1.165) is 6.42 Å². The molecule has 0 aliphatic carbocycles. The molecule has 0 aromatic carbocycles. The first-order valence-electron chi connectivity index (χ1n) is 4.59. The fourth-order valence-electron chi connectivity index (χ4n) is 1.15. The Morgan fingerprint density at radius 1 is 1.57 bits per heavy atom. The maximum Gasteiger partial charge on any atom is 0.328 e. The summed E-state index contributed by atoms with van der Waals surface area (Å²) in [6, 6.07) is -0.551. The Morgan fingerprint density at radius 3 is 2.50 bits per heavy atom. The van der Waals surface area contributed by atoms with Crippen molar-refractivity contribution in [3.8, 4) is 0 Å². The van der Waals surface area contributed by atoms with Gasteiger partial charge in [0.25, 0.3) is 0 Å². The molecule has 4 heteroatoms. The second kappa shape index (κ2) is 6.18. The molecule has 1 amide bonds. The molecule has 0 aliphatic rings. The molecule has 0 aromatic rings. The molecular weight excluding hydrogens is 182 g/mol. The summed E-state index contributed by atoms with van der Waals surface area (Å²) in [5, 5.41) is 0. The fraction of sp³-hybridized carbons (Fsp3) is 0.600. The summed E-state index contributed by atoms with van der Waals surface area (Å²) in [6.45, 7) is 7.50. The summed E-state index contributed by atoms with van der Waals surface area (Å²) in [5.74, 6) is -0.654. The van der Waals surface area contributed by atoms with Gasteiger partial charge in [-0.05, 0) is 19.4 Å². The van der Waals surface area contributed by atoms with Crippen LogP contribution in [0.1, 0.15) is 20.3 Å². The zero-order chi connectivity index (χ0) is 11.1. The Labute approximate surface area is 84.5 Å². The third-order valence-electron chi connectivity index (χ3n) is 1.93. The lowest BCUT2D eigenvalue weighted by atomic mass is 10.2.